The number of benzene rings is 1. The third-order valence-electron chi connectivity index (χ3n) is 2.93. The smallest absolute Gasteiger partial charge is 0.258 e. The van der Waals surface area contributed by atoms with Gasteiger partial charge in [0, 0.05) is 25.2 Å². The van der Waals surface area contributed by atoms with Gasteiger partial charge in [-0.05, 0) is 18.4 Å². The van der Waals surface area contributed by atoms with Crippen molar-refractivity contribution < 1.29 is 13.3 Å². The molecule has 1 heterocycles. The third kappa shape index (κ3) is 2.85. The Labute approximate surface area is 105 Å². The van der Waals surface area contributed by atoms with Crippen LogP contribution >= 0.6 is 0 Å². The fraction of sp³-hybridized carbons (Fsp3) is 0.455. The van der Waals surface area contributed by atoms with Crippen molar-refractivity contribution in [3.63, 3.8) is 0 Å². The number of nitro groups is 1. The van der Waals surface area contributed by atoms with E-state index in [4.69, 9.17) is 0 Å². The van der Waals surface area contributed by atoms with Gasteiger partial charge >= 0.3 is 0 Å². The Hall–Kier alpha value is -1.47. The van der Waals surface area contributed by atoms with E-state index in [9.17, 15) is 18.5 Å². The molecule has 0 radical (unpaired) electrons. The number of hydrogen-bond acceptors (Lipinski definition) is 4. The highest BCUT2D eigenvalue weighted by Gasteiger charge is 2.25. The van der Waals surface area contributed by atoms with Gasteiger partial charge in [-0.25, -0.2) is 12.7 Å². The molecule has 6 nitrogen and oxygen atoms in total. The molecular weight excluding hydrogens is 256 g/mol. The Morgan fingerprint density at radius 2 is 1.94 bits per heavy atom. The second kappa shape index (κ2) is 5.03. The van der Waals surface area contributed by atoms with Crippen LogP contribution < -0.4 is 0 Å². The highest BCUT2D eigenvalue weighted by atomic mass is 32.2. The zero-order chi connectivity index (χ0) is 13.2. The molecular formula is C11H14N2O4S. The first-order valence-electron chi connectivity index (χ1n) is 5.70. The van der Waals surface area contributed by atoms with Crippen LogP contribution in [0.1, 0.15) is 18.4 Å². The normalized spacial score (nSPS) is 16.9. The van der Waals surface area contributed by atoms with Crippen molar-refractivity contribution in [1.82, 2.24) is 4.31 Å². The lowest BCUT2D eigenvalue weighted by molar-refractivity contribution is -0.384. The van der Waals surface area contributed by atoms with Crippen LogP contribution in [-0.4, -0.2) is 30.7 Å². The minimum Gasteiger partial charge on any atom is -0.258 e. The molecule has 0 spiro atoms. The largest absolute Gasteiger partial charge is 0.269 e. The van der Waals surface area contributed by atoms with Crippen molar-refractivity contribution in [2.45, 2.75) is 18.6 Å². The molecule has 1 aromatic carbocycles. The summed E-state index contributed by atoms with van der Waals surface area (Å²) in [6, 6.07) is 5.77. The summed E-state index contributed by atoms with van der Waals surface area (Å²) in [6.07, 6.45) is 1.77. The quantitative estimate of drug-likeness (QED) is 0.613. The SMILES string of the molecule is O=[N+]([O-])c1cccc(CS(=O)(=O)N2CCCC2)c1. The monoisotopic (exact) mass is 270 g/mol. The molecule has 1 aromatic rings. The molecule has 98 valence electrons. The number of nitrogens with zero attached hydrogens (tertiary/aromatic N) is 2. The van der Waals surface area contributed by atoms with Gasteiger partial charge in [-0.2, -0.15) is 0 Å². The fourth-order valence-electron chi connectivity index (χ4n) is 2.03. The molecule has 0 amide bonds. The van der Waals surface area contributed by atoms with Crippen LogP contribution in [0.15, 0.2) is 24.3 Å². The van der Waals surface area contributed by atoms with Gasteiger partial charge in [-0.15, -0.1) is 0 Å². The molecule has 0 N–H and O–H groups in total. The summed E-state index contributed by atoms with van der Waals surface area (Å²) in [5.41, 5.74) is 0.375. The topological polar surface area (TPSA) is 80.5 Å². The Morgan fingerprint density at radius 3 is 2.56 bits per heavy atom. The highest BCUT2D eigenvalue weighted by molar-refractivity contribution is 7.88. The standard InChI is InChI=1S/C11H14N2O4S/c14-13(15)11-5-3-4-10(8-11)9-18(16,17)12-6-1-2-7-12/h3-5,8H,1-2,6-7,9H2. The van der Waals surface area contributed by atoms with Gasteiger partial charge in [0.1, 0.15) is 0 Å². The van der Waals surface area contributed by atoms with Gasteiger partial charge < -0.3 is 0 Å². The van der Waals surface area contributed by atoms with Crippen LogP contribution in [0.25, 0.3) is 0 Å². The molecule has 0 aromatic heterocycles. The van der Waals surface area contributed by atoms with E-state index in [0.29, 0.717) is 18.7 Å². The van der Waals surface area contributed by atoms with E-state index >= 15 is 0 Å². The lowest BCUT2D eigenvalue weighted by Gasteiger charge is -2.15. The Bertz CT molecular complexity index is 550. The zero-order valence-corrected chi connectivity index (χ0v) is 10.6. The number of hydrogen-bond donors (Lipinski definition) is 0. The molecule has 0 bridgehead atoms. The molecule has 1 aliphatic heterocycles. The number of sulfonamides is 1. The molecule has 1 aliphatic rings. The summed E-state index contributed by atoms with van der Waals surface area (Å²) < 4.78 is 25.5. The van der Waals surface area contributed by atoms with Crippen LogP contribution in [0.5, 0.6) is 0 Å². The van der Waals surface area contributed by atoms with Crippen LogP contribution in [-0.2, 0) is 15.8 Å². The average Bonchev–Trinajstić information content (AvgIpc) is 2.82. The number of rotatable bonds is 4. The summed E-state index contributed by atoms with van der Waals surface area (Å²) in [5, 5.41) is 10.6. The lowest BCUT2D eigenvalue weighted by Crippen LogP contribution is -2.29. The summed E-state index contributed by atoms with van der Waals surface area (Å²) in [7, 11) is -3.34. The van der Waals surface area contributed by atoms with E-state index in [1.54, 1.807) is 6.07 Å². The lowest BCUT2D eigenvalue weighted by atomic mass is 10.2. The Morgan fingerprint density at radius 1 is 1.28 bits per heavy atom. The minimum atomic E-state index is -3.34. The van der Waals surface area contributed by atoms with Crippen molar-refractivity contribution in [2.24, 2.45) is 0 Å². The molecule has 1 saturated heterocycles. The second-order valence-electron chi connectivity index (χ2n) is 4.29. The summed E-state index contributed by atoms with van der Waals surface area (Å²) in [6.45, 7) is 1.11. The van der Waals surface area contributed by atoms with E-state index in [1.165, 1.54) is 22.5 Å². The zero-order valence-electron chi connectivity index (χ0n) is 9.78. The van der Waals surface area contributed by atoms with Crippen LogP contribution in [0.3, 0.4) is 0 Å². The number of nitro benzene ring substituents is 1. The van der Waals surface area contributed by atoms with Crippen molar-refractivity contribution in [3.8, 4) is 0 Å². The van der Waals surface area contributed by atoms with Gasteiger partial charge in [0.2, 0.25) is 10.0 Å². The van der Waals surface area contributed by atoms with Gasteiger partial charge in [0.05, 0.1) is 10.7 Å². The maximum atomic E-state index is 12.0. The molecule has 0 unspecified atom stereocenters. The maximum Gasteiger partial charge on any atom is 0.269 e. The first-order chi connectivity index (χ1) is 8.49. The molecule has 0 atom stereocenters. The average molecular weight is 270 g/mol. The molecule has 1 fully saturated rings. The van der Waals surface area contributed by atoms with Gasteiger partial charge in [-0.3, -0.25) is 10.1 Å². The van der Waals surface area contributed by atoms with Gasteiger partial charge in [-0.1, -0.05) is 12.1 Å². The Balaban J connectivity index is 2.18. The highest BCUT2D eigenvalue weighted by Crippen LogP contribution is 2.19. The maximum absolute atomic E-state index is 12.0. The number of non-ortho nitro benzene ring substituents is 1. The van der Waals surface area contributed by atoms with Crippen molar-refractivity contribution in [3.05, 3.63) is 39.9 Å². The van der Waals surface area contributed by atoms with Crippen LogP contribution in [0.2, 0.25) is 0 Å². The van der Waals surface area contributed by atoms with Crippen LogP contribution in [0.4, 0.5) is 5.69 Å². The summed E-state index contributed by atoms with van der Waals surface area (Å²) >= 11 is 0. The summed E-state index contributed by atoms with van der Waals surface area (Å²) in [4.78, 5) is 10.1. The van der Waals surface area contributed by atoms with Crippen LogP contribution in [0, 0.1) is 10.1 Å². The van der Waals surface area contributed by atoms with Crippen molar-refractivity contribution >= 4 is 15.7 Å². The molecule has 18 heavy (non-hydrogen) atoms. The van der Waals surface area contributed by atoms with E-state index in [1.807, 2.05) is 0 Å². The van der Waals surface area contributed by atoms with E-state index in [2.05, 4.69) is 0 Å². The predicted molar refractivity (Wildman–Crippen MR) is 66.5 cm³/mol. The van der Waals surface area contributed by atoms with Crippen molar-refractivity contribution in [2.75, 3.05) is 13.1 Å². The molecule has 7 heteroatoms. The minimum absolute atomic E-state index is 0.0795. The molecule has 0 aliphatic carbocycles. The first-order valence-corrected chi connectivity index (χ1v) is 7.31. The summed E-state index contributed by atoms with van der Waals surface area (Å²) in [5.74, 6) is -0.172. The van der Waals surface area contributed by atoms with E-state index in [0.717, 1.165) is 12.8 Å². The molecule has 0 saturated carbocycles. The first kappa shape index (κ1) is 13.0. The molecule has 2 rings (SSSR count). The predicted octanol–water partition coefficient (Wildman–Crippen LogP) is 1.52. The fourth-order valence-corrected chi connectivity index (χ4v) is 3.63. The van der Waals surface area contributed by atoms with Gasteiger partial charge in [0.25, 0.3) is 5.69 Å². The van der Waals surface area contributed by atoms with E-state index in [-0.39, 0.29) is 11.4 Å². The van der Waals surface area contributed by atoms with E-state index < -0.39 is 14.9 Å². The Kier molecular flexibility index (Phi) is 3.63. The third-order valence-corrected chi connectivity index (χ3v) is 4.78. The van der Waals surface area contributed by atoms with Crippen molar-refractivity contribution in [1.29, 1.82) is 0 Å². The van der Waals surface area contributed by atoms with Gasteiger partial charge in [0.15, 0.2) is 0 Å². The second-order valence-corrected chi connectivity index (χ2v) is 6.26.